The third-order valence-electron chi connectivity index (χ3n) is 3.06. The van der Waals surface area contributed by atoms with Crippen LogP contribution in [0.25, 0.3) is 11.4 Å². The Morgan fingerprint density at radius 3 is 2.89 bits per heavy atom. The van der Waals surface area contributed by atoms with E-state index in [9.17, 15) is 5.11 Å². The van der Waals surface area contributed by atoms with Crippen LogP contribution >= 0.6 is 11.6 Å². The zero-order valence-electron chi connectivity index (χ0n) is 10.8. The van der Waals surface area contributed by atoms with Crippen molar-refractivity contribution in [1.82, 2.24) is 20.6 Å². The molecule has 2 aromatic rings. The molecule has 0 saturated heterocycles. The summed E-state index contributed by atoms with van der Waals surface area (Å²) in [6.45, 7) is 2.14. The van der Waals surface area contributed by atoms with Crippen LogP contribution in [0.15, 0.2) is 18.2 Å². The van der Waals surface area contributed by atoms with Crippen molar-refractivity contribution in [2.75, 3.05) is 0 Å². The number of aliphatic hydroxyl groups excluding tert-OH is 1. The minimum absolute atomic E-state index is 0.520. The van der Waals surface area contributed by atoms with E-state index in [-0.39, 0.29) is 0 Å². The van der Waals surface area contributed by atoms with Gasteiger partial charge in [0, 0.05) is 10.6 Å². The Balaban J connectivity index is 2.24. The topological polar surface area (TPSA) is 74.7 Å². The minimum atomic E-state index is -0.524. The molecule has 0 bridgehead atoms. The molecule has 102 valence electrons. The Hall–Kier alpha value is -1.46. The number of tetrazole rings is 1. The number of halogens is 1. The van der Waals surface area contributed by atoms with Crippen LogP contribution in [0.2, 0.25) is 5.02 Å². The van der Waals surface area contributed by atoms with Gasteiger partial charge in [0.25, 0.3) is 0 Å². The number of H-pyrrole nitrogens is 1. The lowest BCUT2D eigenvalue weighted by Gasteiger charge is -2.14. The Morgan fingerprint density at radius 2 is 2.21 bits per heavy atom. The van der Waals surface area contributed by atoms with Crippen LogP contribution in [-0.4, -0.2) is 25.7 Å². The second kappa shape index (κ2) is 6.63. The number of unbranched alkanes of at least 4 members (excludes halogenated alkanes) is 2. The number of nitrogens with zero attached hydrogens (tertiary/aromatic N) is 3. The third kappa shape index (κ3) is 3.52. The summed E-state index contributed by atoms with van der Waals surface area (Å²) in [5, 5.41) is 24.6. The van der Waals surface area contributed by atoms with E-state index in [2.05, 4.69) is 27.5 Å². The Kier molecular flexibility index (Phi) is 4.87. The molecule has 0 aliphatic rings. The molecule has 1 aromatic carbocycles. The van der Waals surface area contributed by atoms with Gasteiger partial charge in [-0.15, -0.1) is 5.10 Å². The SMILES string of the molecule is CCCCC[C@@H](O)c1ccc(Cl)cc1-c1nnn[nH]1. The summed E-state index contributed by atoms with van der Waals surface area (Å²) in [5.74, 6) is 0.520. The van der Waals surface area contributed by atoms with Gasteiger partial charge in [-0.2, -0.15) is 0 Å². The van der Waals surface area contributed by atoms with Gasteiger partial charge in [0.15, 0.2) is 5.82 Å². The predicted octanol–water partition coefficient (Wildman–Crippen LogP) is 3.13. The van der Waals surface area contributed by atoms with Crippen molar-refractivity contribution in [3.05, 3.63) is 28.8 Å². The van der Waals surface area contributed by atoms with E-state index in [0.29, 0.717) is 10.8 Å². The lowest BCUT2D eigenvalue weighted by atomic mass is 9.98. The molecule has 0 amide bonds. The number of nitrogens with one attached hydrogen (secondary N) is 1. The molecule has 0 aliphatic carbocycles. The number of rotatable bonds is 6. The van der Waals surface area contributed by atoms with Gasteiger partial charge in [-0.25, -0.2) is 5.10 Å². The van der Waals surface area contributed by atoms with Crippen LogP contribution in [0.5, 0.6) is 0 Å². The van der Waals surface area contributed by atoms with E-state index in [1.807, 2.05) is 6.07 Å². The molecule has 6 heteroatoms. The van der Waals surface area contributed by atoms with Crippen LogP contribution in [0.4, 0.5) is 0 Å². The van der Waals surface area contributed by atoms with Gasteiger partial charge in [0.2, 0.25) is 0 Å². The Morgan fingerprint density at radius 1 is 1.37 bits per heavy atom. The maximum Gasteiger partial charge on any atom is 0.179 e. The minimum Gasteiger partial charge on any atom is -0.388 e. The van der Waals surface area contributed by atoms with E-state index in [1.165, 1.54) is 0 Å². The van der Waals surface area contributed by atoms with Crippen molar-refractivity contribution in [2.24, 2.45) is 0 Å². The number of hydrogen-bond acceptors (Lipinski definition) is 4. The van der Waals surface area contributed by atoms with Crippen molar-refractivity contribution in [1.29, 1.82) is 0 Å². The first-order valence-electron chi connectivity index (χ1n) is 6.44. The molecule has 0 radical (unpaired) electrons. The standard InChI is InChI=1S/C13H17ClN4O/c1-2-3-4-5-12(19)10-7-6-9(14)8-11(10)13-15-17-18-16-13/h6-8,12,19H,2-5H2,1H3,(H,15,16,17,18)/t12-/m1/s1. The molecule has 19 heavy (non-hydrogen) atoms. The molecule has 0 saturated carbocycles. The second-order valence-corrected chi connectivity index (χ2v) is 4.93. The zero-order valence-corrected chi connectivity index (χ0v) is 11.6. The van der Waals surface area contributed by atoms with E-state index >= 15 is 0 Å². The summed E-state index contributed by atoms with van der Waals surface area (Å²) in [7, 11) is 0. The molecule has 2 N–H and O–H groups in total. The number of aromatic nitrogens is 4. The molecular formula is C13H17ClN4O. The highest BCUT2D eigenvalue weighted by atomic mass is 35.5. The van der Waals surface area contributed by atoms with Crippen LogP contribution in [0, 0.1) is 0 Å². The molecular weight excluding hydrogens is 264 g/mol. The molecule has 0 unspecified atom stereocenters. The van der Waals surface area contributed by atoms with Crippen molar-refractivity contribution in [2.45, 2.75) is 38.7 Å². The summed E-state index contributed by atoms with van der Waals surface area (Å²) in [6.07, 6.45) is 3.44. The first-order chi connectivity index (χ1) is 9.22. The van der Waals surface area contributed by atoms with Crippen molar-refractivity contribution >= 4 is 11.6 Å². The summed E-state index contributed by atoms with van der Waals surface area (Å²) in [5.41, 5.74) is 1.56. The van der Waals surface area contributed by atoms with Crippen LogP contribution in [0.1, 0.15) is 44.3 Å². The highest BCUT2D eigenvalue weighted by molar-refractivity contribution is 6.30. The third-order valence-corrected chi connectivity index (χ3v) is 3.29. The van der Waals surface area contributed by atoms with E-state index in [0.717, 1.165) is 36.8 Å². The fourth-order valence-electron chi connectivity index (χ4n) is 2.04. The van der Waals surface area contributed by atoms with Gasteiger partial charge in [-0.1, -0.05) is 43.9 Å². The molecule has 1 atom stereocenters. The zero-order chi connectivity index (χ0) is 13.7. The predicted molar refractivity (Wildman–Crippen MR) is 73.7 cm³/mol. The highest BCUT2D eigenvalue weighted by Gasteiger charge is 2.16. The average molecular weight is 281 g/mol. The van der Waals surface area contributed by atoms with Gasteiger partial charge >= 0.3 is 0 Å². The summed E-state index contributed by atoms with van der Waals surface area (Å²) in [6, 6.07) is 5.37. The van der Waals surface area contributed by atoms with Gasteiger partial charge in [0.05, 0.1) is 6.10 Å². The highest BCUT2D eigenvalue weighted by Crippen LogP contribution is 2.30. The second-order valence-electron chi connectivity index (χ2n) is 4.49. The van der Waals surface area contributed by atoms with Gasteiger partial charge in [-0.3, -0.25) is 0 Å². The van der Waals surface area contributed by atoms with Crippen molar-refractivity contribution in [3.63, 3.8) is 0 Å². The monoisotopic (exact) mass is 280 g/mol. The first-order valence-corrected chi connectivity index (χ1v) is 6.81. The number of benzene rings is 1. The van der Waals surface area contributed by atoms with Crippen molar-refractivity contribution < 1.29 is 5.11 Å². The van der Waals surface area contributed by atoms with Crippen LogP contribution in [-0.2, 0) is 0 Å². The number of aromatic amines is 1. The lowest BCUT2D eigenvalue weighted by molar-refractivity contribution is 0.164. The number of hydrogen-bond donors (Lipinski definition) is 2. The number of aliphatic hydroxyl groups is 1. The fraction of sp³-hybridized carbons (Fsp3) is 0.462. The maximum absolute atomic E-state index is 10.3. The van der Waals surface area contributed by atoms with E-state index in [1.54, 1.807) is 12.1 Å². The summed E-state index contributed by atoms with van der Waals surface area (Å²) in [4.78, 5) is 0. The van der Waals surface area contributed by atoms with E-state index < -0.39 is 6.10 Å². The van der Waals surface area contributed by atoms with Crippen LogP contribution < -0.4 is 0 Å². The van der Waals surface area contributed by atoms with Gasteiger partial charge in [-0.05, 0) is 34.5 Å². The van der Waals surface area contributed by atoms with Crippen LogP contribution in [0.3, 0.4) is 0 Å². The van der Waals surface area contributed by atoms with Gasteiger partial charge in [0.1, 0.15) is 0 Å². The first kappa shape index (κ1) is 14.0. The lowest BCUT2D eigenvalue weighted by Crippen LogP contribution is -2.01. The van der Waals surface area contributed by atoms with E-state index in [4.69, 9.17) is 11.6 Å². The Bertz CT molecular complexity index is 515. The van der Waals surface area contributed by atoms with Crippen molar-refractivity contribution in [3.8, 4) is 11.4 Å². The largest absolute Gasteiger partial charge is 0.388 e. The molecule has 0 fully saturated rings. The molecule has 5 nitrogen and oxygen atoms in total. The molecule has 1 aromatic heterocycles. The quantitative estimate of drug-likeness (QED) is 0.797. The molecule has 2 rings (SSSR count). The normalized spacial score (nSPS) is 12.6. The summed E-state index contributed by atoms with van der Waals surface area (Å²) < 4.78 is 0. The summed E-state index contributed by atoms with van der Waals surface area (Å²) >= 11 is 6.00. The molecule has 0 spiro atoms. The fourth-order valence-corrected chi connectivity index (χ4v) is 2.21. The Labute approximate surface area is 117 Å². The smallest absolute Gasteiger partial charge is 0.179 e. The van der Waals surface area contributed by atoms with Gasteiger partial charge < -0.3 is 5.11 Å². The maximum atomic E-state index is 10.3. The average Bonchev–Trinajstić information content (AvgIpc) is 2.92. The molecule has 0 aliphatic heterocycles. The molecule has 1 heterocycles.